The van der Waals surface area contributed by atoms with E-state index in [1.54, 1.807) is 6.20 Å². The minimum atomic E-state index is -0.467. The summed E-state index contributed by atoms with van der Waals surface area (Å²) < 4.78 is 15.9. The number of fused-ring (bicyclic) bond motifs is 1. The maximum absolute atomic E-state index is 14.3. The first-order valence-electron chi connectivity index (χ1n) is 14.0. The van der Waals surface area contributed by atoms with Crippen LogP contribution in [0.2, 0.25) is 0 Å². The zero-order valence-corrected chi connectivity index (χ0v) is 22.7. The zero-order chi connectivity index (χ0) is 27.0. The summed E-state index contributed by atoms with van der Waals surface area (Å²) in [7, 11) is 0. The van der Waals surface area contributed by atoms with E-state index in [0.29, 0.717) is 25.2 Å². The van der Waals surface area contributed by atoms with E-state index < -0.39 is 5.79 Å². The van der Waals surface area contributed by atoms with E-state index in [9.17, 15) is 10.1 Å². The van der Waals surface area contributed by atoms with Gasteiger partial charge in [0.15, 0.2) is 5.79 Å². The van der Waals surface area contributed by atoms with Crippen molar-refractivity contribution in [3.05, 3.63) is 93.0 Å². The lowest BCUT2D eigenvalue weighted by Crippen LogP contribution is -2.39. The van der Waals surface area contributed by atoms with Gasteiger partial charge in [0.1, 0.15) is 5.65 Å². The second kappa shape index (κ2) is 10.4. The fraction of sp³-hybridized carbons (Fsp3) is 0.406. The monoisotopic (exact) mass is 522 g/mol. The summed E-state index contributed by atoms with van der Waals surface area (Å²) in [5, 5.41) is 14.3. The van der Waals surface area contributed by atoms with Crippen LogP contribution in [0, 0.1) is 18.3 Å². The molecule has 0 radical (unpaired) electrons. The fourth-order valence-electron chi connectivity index (χ4n) is 6.46. The van der Waals surface area contributed by atoms with Gasteiger partial charge in [0.2, 0.25) is 0 Å². The average Bonchev–Trinajstić information content (AvgIpc) is 3.62. The van der Waals surface area contributed by atoms with Crippen molar-refractivity contribution in [2.24, 2.45) is 0 Å². The molecule has 1 aliphatic carbocycles. The van der Waals surface area contributed by atoms with Gasteiger partial charge < -0.3 is 9.47 Å². The molecule has 2 aromatic carbocycles. The highest BCUT2D eigenvalue weighted by atomic mass is 16.7. The molecule has 1 saturated heterocycles. The van der Waals surface area contributed by atoms with Crippen molar-refractivity contribution < 1.29 is 9.47 Å². The highest BCUT2D eigenvalue weighted by Crippen LogP contribution is 2.40. The van der Waals surface area contributed by atoms with Crippen molar-refractivity contribution in [2.45, 2.75) is 70.6 Å². The first kappa shape index (κ1) is 25.5. The van der Waals surface area contributed by atoms with Gasteiger partial charge in [0.25, 0.3) is 5.56 Å². The van der Waals surface area contributed by atoms with E-state index in [2.05, 4.69) is 43.2 Å². The van der Waals surface area contributed by atoms with Gasteiger partial charge in [-0.2, -0.15) is 10.4 Å². The lowest BCUT2D eigenvalue weighted by atomic mass is 9.89. The van der Waals surface area contributed by atoms with Gasteiger partial charge >= 0.3 is 0 Å². The molecule has 7 nitrogen and oxygen atoms in total. The highest BCUT2D eigenvalue weighted by Gasteiger charge is 2.41. The summed E-state index contributed by atoms with van der Waals surface area (Å²) >= 11 is 0. The number of benzene rings is 2. The molecule has 0 amide bonds. The number of aromatic nitrogens is 3. The molecule has 2 fully saturated rings. The van der Waals surface area contributed by atoms with Gasteiger partial charge in [-0.3, -0.25) is 9.36 Å². The molecule has 0 N–H and O–H groups in total. The summed E-state index contributed by atoms with van der Waals surface area (Å²) in [5.74, 6) is -0.467. The van der Waals surface area contributed by atoms with E-state index in [1.165, 1.54) is 0 Å². The lowest BCUT2D eigenvalue weighted by Gasteiger charge is -2.36. The first-order valence-corrected chi connectivity index (χ1v) is 14.0. The Morgan fingerprint density at radius 1 is 1.08 bits per heavy atom. The minimum Gasteiger partial charge on any atom is -0.348 e. The third-order valence-corrected chi connectivity index (χ3v) is 8.34. The van der Waals surface area contributed by atoms with E-state index in [4.69, 9.17) is 9.47 Å². The van der Waals surface area contributed by atoms with Crippen LogP contribution in [0.5, 0.6) is 0 Å². The molecule has 2 aliphatic rings. The molecule has 0 atom stereocenters. The molecule has 6 rings (SSSR count). The Morgan fingerprint density at radius 3 is 2.56 bits per heavy atom. The minimum absolute atomic E-state index is 0.0798. The maximum atomic E-state index is 14.3. The predicted molar refractivity (Wildman–Crippen MR) is 150 cm³/mol. The number of hydrogen-bond acceptors (Lipinski definition) is 5. The summed E-state index contributed by atoms with van der Waals surface area (Å²) in [6.07, 6.45) is 7.29. The second-order valence-electron chi connectivity index (χ2n) is 10.8. The van der Waals surface area contributed by atoms with Crippen LogP contribution in [0.25, 0.3) is 16.8 Å². The van der Waals surface area contributed by atoms with Gasteiger partial charge in [0.05, 0.1) is 36.7 Å². The molecule has 0 bridgehead atoms. The van der Waals surface area contributed by atoms with Gasteiger partial charge in [-0.25, -0.2) is 4.52 Å². The van der Waals surface area contributed by atoms with Gasteiger partial charge in [-0.05, 0) is 54.5 Å². The Bertz CT molecular complexity index is 1610. The van der Waals surface area contributed by atoms with Crippen molar-refractivity contribution >= 4 is 5.65 Å². The van der Waals surface area contributed by atoms with Crippen molar-refractivity contribution in [1.29, 1.82) is 5.26 Å². The number of aryl methyl sites for hydroxylation is 2. The number of nitrogens with zero attached hydrogens (tertiary/aromatic N) is 4. The average molecular weight is 523 g/mol. The third-order valence-electron chi connectivity index (χ3n) is 8.34. The van der Waals surface area contributed by atoms with Crippen molar-refractivity contribution in [3.8, 4) is 17.2 Å². The van der Waals surface area contributed by atoms with Crippen LogP contribution in [0.15, 0.2) is 59.5 Å². The standard InChI is InChI=1S/C32H34N4O3/c1-3-6-29-28(20-23-9-10-26(22(2)19-23)27-8-5-4-7-24(27)21-33)31(37)35(30-13-16-34-36(29)30)25-11-14-32(15-12-25)38-17-18-39-32/h4-5,7-10,13,16,19,25H,3,6,11-12,14-15,17-18,20H2,1-2H3. The van der Waals surface area contributed by atoms with Crippen molar-refractivity contribution in [3.63, 3.8) is 0 Å². The molecule has 3 heterocycles. The van der Waals surface area contributed by atoms with Crippen LogP contribution < -0.4 is 5.56 Å². The van der Waals surface area contributed by atoms with Crippen LogP contribution in [0.1, 0.15) is 73.0 Å². The fourth-order valence-corrected chi connectivity index (χ4v) is 6.46. The number of hydrogen-bond donors (Lipinski definition) is 0. The number of ether oxygens (including phenoxy) is 2. The molecule has 1 spiro atoms. The van der Waals surface area contributed by atoms with Gasteiger partial charge in [-0.1, -0.05) is 49.7 Å². The van der Waals surface area contributed by atoms with Crippen LogP contribution in [0.3, 0.4) is 0 Å². The quantitative estimate of drug-likeness (QED) is 0.322. The largest absolute Gasteiger partial charge is 0.348 e. The Morgan fingerprint density at radius 2 is 1.85 bits per heavy atom. The summed E-state index contributed by atoms with van der Waals surface area (Å²) in [6, 6.07) is 18.3. The zero-order valence-electron chi connectivity index (χ0n) is 22.7. The van der Waals surface area contributed by atoms with Gasteiger partial charge in [0, 0.05) is 36.9 Å². The Kier molecular flexibility index (Phi) is 6.84. The molecule has 1 saturated carbocycles. The van der Waals surface area contributed by atoms with Crippen molar-refractivity contribution in [1.82, 2.24) is 14.2 Å². The first-order chi connectivity index (χ1) is 19.0. The van der Waals surface area contributed by atoms with Crippen LogP contribution in [-0.2, 0) is 22.3 Å². The Labute approximate surface area is 228 Å². The molecule has 39 heavy (non-hydrogen) atoms. The molecule has 200 valence electrons. The topological polar surface area (TPSA) is 81.5 Å². The van der Waals surface area contributed by atoms with E-state index in [-0.39, 0.29) is 11.6 Å². The van der Waals surface area contributed by atoms with Crippen LogP contribution in [-0.4, -0.2) is 33.2 Å². The smallest absolute Gasteiger partial charge is 0.257 e. The molecule has 0 unspecified atom stereocenters. The number of nitriles is 1. The molecular formula is C32H34N4O3. The van der Waals surface area contributed by atoms with Gasteiger partial charge in [-0.15, -0.1) is 0 Å². The molecule has 1 aliphatic heterocycles. The highest BCUT2D eigenvalue weighted by molar-refractivity contribution is 5.73. The molecule has 4 aromatic rings. The second-order valence-corrected chi connectivity index (χ2v) is 10.8. The van der Waals surface area contributed by atoms with Crippen LogP contribution in [0.4, 0.5) is 0 Å². The Balaban J connectivity index is 1.39. The van der Waals surface area contributed by atoms with E-state index >= 15 is 0 Å². The maximum Gasteiger partial charge on any atom is 0.257 e. The summed E-state index contributed by atoms with van der Waals surface area (Å²) in [5.41, 5.74) is 7.54. The molecular weight excluding hydrogens is 488 g/mol. The lowest BCUT2D eigenvalue weighted by molar-refractivity contribution is -0.181. The SMILES string of the molecule is CCCc1c(Cc2ccc(-c3ccccc3C#N)c(C)c2)c(=O)n(C2CCC3(CC2)OCCO3)c2ccnn12. The van der Waals surface area contributed by atoms with Crippen LogP contribution >= 0.6 is 0 Å². The van der Waals surface area contributed by atoms with Crippen molar-refractivity contribution in [2.75, 3.05) is 13.2 Å². The predicted octanol–water partition coefficient (Wildman–Crippen LogP) is 5.74. The normalized spacial score (nSPS) is 17.2. The molecule has 7 heteroatoms. The third kappa shape index (κ3) is 4.58. The van der Waals surface area contributed by atoms with E-state index in [0.717, 1.165) is 77.7 Å². The summed E-state index contributed by atoms with van der Waals surface area (Å²) in [4.78, 5) is 14.3. The number of rotatable bonds is 6. The molecule has 2 aromatic heterocycles. The van der Waals surface area contributed by atoms with E-state index in [1.807, 2.05) is 39.4 Å². The summed E-state index contributed by atoms with van der Waals surface area (Å²) in [6.45, 7) is 5.50. The Hall–Kier alpha value is -3.73.